The van der Waals surface area contributed by atoms with E-state index in [1.165, 1.54) is 4.90 Å². The van der Waals surface area contributed by atoms with Crippen LogP contribution >= 0.6 is 22.9 Å². The Morgan fingerprint density at radius 2 is 1.84 bits per heavy atom. The number of thiophene rings is 1. The monoisotopic (exact) mass is 700 g/mol. The van der Waals surface area contributed by atoms with Gasteiger partial charge >= 0.3 is 0 Å². The number of hydrogen-bond donors (Lipinski definition) is 2. The first-order valence-corrected chi connectivity index (χ1v) is 17.4. The summed E-state index contributed by atoms with van der Waals surface area (Å²) in [6, 6.07) is 14.7. The Morgan fingerprint density at radius 1 is 1.06 bits per heavy atom. The van der Waals surface area contributed by atoms with E-state index in [2.05, 4.69) is 0 Å². The fourth-order valence-corrected chi connectivity index (χ4v) is 10.1. The number of imide groups is 2. The van der Waals surface area contributed by atoms with Gasteiger partial charge in [-0.2, -0.15) is 10.2 Å². The summed E-state index contributed by atoms with van der Waals surface area (Å²) in [6.07, 6.45) is 2.27. The molecule has 2 aliphatic carbocycles. The number of hydrogen-bond acceptors (Lipinski definition) is 9. The van der Waals surface area contributed by atoms with E-state index >= 15 is 0 Å². The van der Waals surface area contributed by atoms with Gasteiger partial charge in [0.1, 0.15) is 23.9 Å². The molecule has 13 heteroatoms. The number of nitrogens with zero attached hydrogens (tertiary/aromatic N) is 4. The Morgan fingerprint density at radius 3 is 2.61 bits per heavy atom. The number of para-hydroxylation sites is 1. The third-order valence-corrected chi connectivity index (χ3v) is 12.6. The molecule has 6 atom stereocenters. The summed E-state index contributed by atoms with van der Waals surface area (Å²) >= 11 is 7.84. The smallest absolute Gasteiger partial charge is 0.257 e. The normalized spacial score (nSPS) is 27.9. The highest BCUT2D eigenvalue weighted by molar-refractivity contribution is 7.22. The highest BCUT2D eigenvalue weighted by Gasteiger charge is 2.68. The summed E-state index contributed by atoms with van der Waals surface area (Å²) in [4.78, 5) is 58.0. The van der Waals surface area contributed by atoms with Gasteiger partial charge in [-0.15, -0.1) is 11.3 Å². The number of aliphatic hydroxyl groups excluding tert-OH is 1. The van der Waals surface area contributed by atoms with Crippen molar-refractivity contribution in [1.29, 1.82) is 0 Å². The molecule has 2 aromatic carbocycles. The molecule has 3 fully saturated rings. The molecule has 252 valence electrons. The van der Waals surface area contributed by atoms with E-state index in [-0.39, 0.29) is 31.1 Å². The van der Waals surface area contributed by atoms with Crippen LogP contribution in [0, 0.1) is 36.0 Å². The fraction of sp³-hybridized carbons (Fsp3) is 0.361. The Balaban J connectivity index is 1.26. The van der Waals surface area contributed by atoms with Crippen molar-refractivity contribution >= 4 is 62.5 Å². The van der Waals surface area contributed by atoms with Gasteiger partial charge in [-0.1, -0.05) is 41.4 Å². The molecule has 0 spiro atoms. The Labute approximate surface area is 290 Å². The van der Waals surface area contributed by atoms with E-state index in [0.29, 0.717) is 27.8 Å². The highest BCUT2D eigenvalue weighted by Crippen LogP contribution is 2.64. The Hall–Kier alpha value is -4.36. The number of benzene rings is 2. The van der Waals surface area contributed by atoms with Gasteiger partial charge in [-0.3, -0.25) is 29.1 Å². The summed E-state index contributed by atoms with van der Waals surface area (Å²) in [5, 5.41) is 26.5. The minimum Gasteiger partial charge on any atom is -0.491 e. The van der Waals surface area contributed by atoms with Crippen LogP contribution in [0.2, 0.25) is 5.02 Å². The number of allylic oxidation sites excluding steroid dienone is 2. The number of aliphatic hydroxyl groups is 1. The van der Waals surface area contributed by atoms with Gasteiger partial charge in [-0.25, -0.2) is 4.90 Å². The van der Waals surface area contributed by atoms with Gasteiger partial charge in [0.15, 0.2) is 0 Å². The number of ether oxygens (including phenoxy) is 1. The second-order valence-electron chi connectivity index (χ2n) is 13.5. The molecule has 2 saturated heterocycles. The lowest BCUT2D eigenvalue weighted by Crippen LogP contribution is -2.49. The van der Waals surface area contributed by atoms with Gasteiger partial charge < -0.3 is 9.84 Å². The largest absolute Gasteiger partial charge is 0.491 e. The molecule has 4 aromatic rings. The van der Waals surface area contributed by atoms with E-state index in [9.17, 15) is 29.5 Å². The second kappa shape index (κ2) is 11.3. The number of aryl methyl sites for hydroxylation is 2. The predicted molar refractivity (Wildman–Crippen MR) is 181 cm³/mol. The molecule has 11 nitrogen and oxygen atoms in total. The van der Waals surface area contributed by atoms with Crippen molar-refractivity contribution in [2.75, 3.05) is 18.1 Å². The number of fused-ring (bicyclic) bond motifs is 5. The van der Waals surface area contributed by atoms with Gasteiger partial charge in [0.2, 0.25) is 11.8 Å². The maximum atomic E-state index is 15.0. The zero-order chi connectivity index (χ0) is 34.5. The topological polar surface area (TPSA) is 142 Å². The molecule has 0 unspecified atom stereocenters. The van der Waals surface area contributed by atoms with Crippen LogP contribution < -0.4 is 9.64 Å². The number of carbonyl (C=O) groups is 4. The van der Waals surface area contributed by atoms with E-state index in [1.807, 2.05) is 43.3 Å². The first-order valence-electron chi connectivity index (χ1n) is 16.2. The quantitative estimate of drug-likeness (QED) is 0.158. The van der Waals surface area contributed by atoms with Crippen LogP contribution in [0.25, 0.3) is 20.7 Å². The maximum absolute atomic E-state index is 15.0. The average Bonchev–Trinajstić information content (AvgIpc) is 3.75. The minimum absolute atomic E-state index is 0.0175. The molecule has 2 aliphatic heterocycles. The molecular formula is C36H33ClN4O7S. The average molecular weight is 701 g/mol. The van der Waals surface area contributed by atoms with E-state index < -0.39 is 58.6 Å². The molecule has 4 amide bonds. The number of rotatable bonds is 6. The van der Waals surface area contributed by atoms with Crippen LogP contribution in [-0.4, -0.2) is 62.0 Å². The van der Waals surface area contributed by atoms with Crippen molar-refractivity contribution in [3.8, 4) is 16.3 Å². The van der Waals surface area contributed by atoms with Gasteiger partial charge in [0.25, 0.3) is 11.8 Å². The van der Waals surface area contributed by atoms with Crippen molar-refractivity contribution in [3.63, 3.8) is 0 Å². The van der Waals surface area contributed by atoms with Crippen LogP contribution in [0.5, 0.6) is 5.75 Å². The van der Waals surface area contributed by atoms with E-state index in [4.69, 9.17) is 21.4 Å². The lowest BCUT2D eigenvalue weighted by molar-refractivity contribution is -0.173. The molecule has 1 saturated carbocycles. The first kappa shape index (κ1) is 31.9. The first-order chi connectivity index (χ1) is 23.5. The lowest BCUT2D eigenvalue weighted by Gasteiger charge is -2.49. The number of amides is 4. The summed E-state index contributed by atoms with van der Waals surface area (Å²) < 4.78 is 8.55. The standard InChI is InChI=1S/C36H33ClN4O7S/c1-17-22-14-18(37)8-11-27(22)49-31(17)25-16-28(39(3)38-25)40-33(44)24-15-23-19(9-10-21-29(23)34(45)41(47)32(21)43)30(36(24,2)35(40)46)20-6-4-5-7-26(20)48-13-12-42/h4-9,11,14,16,21,23-24,29-30,42,47H,10,12-13,15H2,1-3H3/t21-,23+,24-,29-,30+,36+/m0/s1. The number of carbonyl (C=O) groups excluding carboxylic acids is 4. The molecule has 2 N–H and O–H groups in total. The van der Waals surface area contributed by atoms with Crippen molar-refractivity contribution in [2.45, 2.75) is 32.6 Å². The summed E-state index contributed by atoms with van der Waals surface area (Å²) in [6.45, 7) is 3.58. The molecule has 0 radical (unpaired) electrons. The molecule has 0 bridgehead atoms. The zero-order valence-corrected chi connectivity index (χ0v) is 28.5. The maximum Gasteiger partial charge on any atom is 0.257 e. The molecule has 4 aliphatic rings. The number of anilines is 1. The van der Waals surface area contributed by atoms with Crippen LogP contribution in [0.3, 0.4) is 0 Å². The van der Waals surface area contributed by atoms with E-state index in [0.717, 1.165) is 26.1 Å². The molecule has 2 aromatic heterocycles. The fourth-order valence-electron chi connectivity index (χ4n) is 8.78. The molecule has 8 rings (SSSR count). The number of aromatic nitrogens is 2. The zero-order valence-electron chi connectivity index (χ0n) is 26.9. The number of hydroxylamine groups is 2. The summed E-state index contributed by atoms with van der Waals surface area (Å²) in [5.74, 6) is -5.15. The highest BCUT2D eigenvalue weighted by atomic mass is 35.5. The molecule has 49 heavy (non-hydrogen) atoms. The van der Waals surface area contributed by atoms with Crippen molar-refractivity contribution in [2.24, 2.45) is 36.1 Å². The third-order valence-electron chi connectivity index (χ3n) is 11.0. The van der Waals surface area contributed by atoms with Gasteiger partial charge in [-0.05, 0) is 67.8 Å². The Kier molecular flexibility index (Phi) is 7.38. The Bertz CT molecular complexity index is 2140. The molecular weight excluding hydrogens is 668 g/mol. The summed E-state index contributed by atoms with van der Waals surface area (Å²) in [7, 11) is 1.70. The van der Waals surface area contributed by atoms with Crippen LogP contribution in [-0.2, 0) is 26.2 Å². The predicted octanol–water partition coefficient (Wildman–Crippen LogP) is 5.25. The number of halogens is 1. The van der Waals surface area contributed by atoms with Crippen molar-refractivity contribution < 1.29 is 34.2 Å². The molecule has 4 heterocycles. The summed E-state index contributed by atoms with van der Waals surface area (Å²) in [5.41, 5.74) is 1.72. The second-order valence-corrected chi connectivity index (χ2v) is 15.0. The van der Waals surface area contributed by atoms with Crippen LogP contribution in [0.4, 0.5) is 5.82 Å². The van der Waals surface area contributed by atoms with Crippen LogP contribution in [0.15, 0.2) is 60.2 Å². The van der Waals surface area contributed by atoms with Crippen molar-refractivity contribution in [3.05, 3.63) is 76.3 Å². The van der Waals surface area contributed by atoms with Crippen molar-refractivity contribution in [1.82, 2.24) is 14.8 Å². The van der Waals surface area contributed by atoms with E-state index in [1.54, 1.807) is 48.2 Å². The van der Waals surface area contributed by atoms with Gasteiger partial charge in [0.05, 0.1) is 34.7 Å². The van der Waals surface area contributed by atoms with Gasteiger partial charge in [0, 0.05) is 34.3 Å². The van der Waals surface area contributed by atoms with Crippen LogP contribution in [0.1, 0.15) is 36.8 Å². The minimum atomic E-state index is -1.30. The lowest BCUT2D eigenvalue weighted by atomic mass is 9.51. The SMILES string of the molecule is Cc1c(-c2cc(N3C(=O)[C@@H]4C[C@@H]5C(=CC[C@@H]6C(=O)N(O)C(=O)[C@@H]65)[C@H](c5ccccc5OCCO)[C@]4(C)C3=O)n(C)n2)sc2ccc(Cl)cc12. The third kappa shape index (κ3) is 4.43.